The quantitative estimate of drug-likeness (QED) is 0.605. The van der Waals surface area contributed by atoms with Crippen molar-refractivity contribution in [2.24, 2.45) is 0 Å². The molecule has 31 heavy (non-hydrogen) atoms. The summed E-state index contributed by atoms with van der Waals surface area (Å²) in [5.41, 5.74) is 1.37. The Bertz CT molecular complexity index is 1090. The fourth-order valence-electron chi connectivity index (χ4n) is 3.38. The van der Waals surface area contributed by atoms with Crippen LogP contribution in [0.2, 0.25) is 0 Å². The first-order chi connectivity index (χ1) is 15.0. The van der Waals surface area contributed by atoms with Crippen LogP contribution in [0.1, 0.15) is 30.6 Å². The summed E-state index contributed by atoms with van der Waals surface area (Å²) in [4.78, 5) is 33.4. The van der Waals surface area contributed by atoms with Crippen LogP contribution in [0.4, 0.5) is 5.13 Å². The smallest absolute Gasteiger partial charge is 0.267 e. The van der Waals surface area contributed by atoms with Crippen LogP contribution in [-0.2, 0) is 13.0 Å². The molecule has 2 amide bonds. The number of nitrogens with one attached hydrogen (secondary N) is 1. The maximum Gasteiger partial charge on any atom is 0.267 e. The molecule has 0 bridgehead atoms. The number of thiophene rings is 1. The predicted octanol–water partition coefficient (Wildman–Crippen LogP) is 3.68. The standard InChI is InChI=1S/C21H21N3O5S2/c1-27-14-9-12(10-15(28-2)18(14)29-3)20(26)24-7-6-13-17(11-24)31-21(22-13)23-19(25)16-5-4-8-30-16/h4-5,8-10H,6-7,11H2,1-3H3,(H,22,23,25). The van der Waals surface area contributed by atoms with Gasteiger partial charge >= 0.3 is 0 Å². The van der Waals surface area contributed by atoms with Crippen LogP contribution in [0.3, 0.4) is 0 Å². The summed E-state index contributed by atoms with van der Waals surface area (Å²) < 4.78 is 16.1. The van der Waals surface area contributed by atoms with Crippen LogP contribution in [0.5, 0.6) is 17.2 Å². The Morgan fingerprint density at radius 1 is 1.13 bits per heavy atom. The molecule has 0 radical (unpaired) electrons. The molecule has 3 aromatic rings. The van der Waals surface area contributed by atoms with Gasteiger partial charge in [0, 0.05) is 23.4 Å². The highest BCUT2D eigenvalue weighted by Gasteiger charge is 2.27. The van der Waals surface area contributed by atoms with E-state index in [1.807, 2.05) is 11.4 Å². The van der Waals surface area contributed by atoms with E-state index in [2.05, 4.69) is 10.3 Å². The Labute approximate surface area is 187 Å². The number of nitrogens with zero attached hydrogens (tertiary/aromatic N) is 2. The Morgan fingerprint density at radius 3 is 2.48 bits per heavy atom. The van der Waals surface area contributed by atoms with Crippen LogP contribution in [-0.4, -0.2) is 49.6 Å². The topological polar surface area (TPSA) is 90.0 Å². The molecule has 0 saturated carbocycles. The molecule has 0 unspecified atom stereocenters. The largest absolute Gasteiger partial charge is 0.493 e. The number of aromatic nitrogens is 1. The van der Waals surface area contributed by atoms with Gasteiger partial charge in [0.1, 0.15) is 0 Å². The third-order valence-electron chi connectivity index (χ3n) is 4.90. The molecule has 0 saturated heterocycles. The monoisotopic (exact) mass is 459 g/mol. The first-order valence-electron chi connectivity index (χ1n) is 9.46. The van der Waals surface area contributed by atoms with Gasteiger partial charge < -0.3 is 19.1 Å². The fraction of sp³-hybridized carbons (Fsp3) is 0.286. The SMILES string of the molecule is COc1cc(C(=O)N2CCc3nc(NC(=O)c4cccs4)sc3C2)cc(OC)c1OC. The molecule has 0 spiro atoms. The van der Waals surface area contributed by atoms with E-state index in [1.54, 1.807) is 23.1 Å². The molecule has 1 aromatic carbocycles. The van der Waals surface area contributed by atoms with Gasteiger partial charge in [0.05, 0.1) is 38.4 Å². The second kappa shape index (κ2) is 8.94. The summed E-state index contributed by atoms with van der Waals surface area (Å²) in [6.07, 6.45) is 0.622. The molecule has 1 aliphatic rings. The van der Waals surface area contributed by atoms with Crippen molar-refractivity contribution < 1.29 is 23.8 Å². The molecule has 2 aromatic heterocycles. The first-order valence-corrected chi connectivity index (χ1v) is 11.2. The van der Waals surface area contributed by atoms with E-state index in [4.69, 9.17) is 14.2 Å². The zero-order chi connectivity index (χ0) is 22.0. The van der Waals surface area contributed by atoms with Crippen LogP contribution < -0.4 is 19.5 Å². The number of carbonyl (C=O) groups excluding carboxylic acids is 2. The van der Waals surface area contributed by atoms with Crippen molar-refractivity contribution in [2.75, 3.05) is 33.2 Å². The summed E-state index contributed by atoms with van der Waals surface area (Å²) in [6.45, 7) is 0.960. The zero-order valence-electron chi connectivity index (χ0n) is 17.3. The lowest BCUT2D eigenvalue weighted by Gasteiger charge is -2.26. The normalized spacial score (nSPS) is 12.8. The van der Waals surface area contributed by atoms with Gasteiger partial charge in [-0.15, -0.1) is 11.3 Å². The van der Waals surface area contributed by atoms with Crippen molar-refractivity contribution in [3.8, 4) is 17.2 Å². The summed E-state index contributed by atoms with van der Waals surface area (Å²) in [6, 6.07) is 6.90. The molecule has 1 N–H and O–H groups in total. The minimum Gasteiger partial charge on any atom is -0.493 e. The van der Waals surface area contributed by atoms with Gasteiger partial charge in [0.25, 0.3) is 11.8 Å². The molecule has 162 valence electrons. The van der Waals surface area contributed by atoms with Gasteiger partial charge in [0.2, 0.25) is 5.75 Å². The molecule has 3 heterocycles. The van der Waals surface area contributed by atoms with E-state index in [1.165, 1.54) is 44.0 Å². The number of fused-ring (bicyclic) bond motifs is 1. The minimum atomic E-state index is -0.175. The lowest BCUT2D eigenvalue weighted by atomic mass is 10.1. The minimum absolute atomic E-state index is 0.137. The maximum atomic E-state index is 13.2. The first kappa shape index (κ1) is 21.1. The Morgan fingerprint density at radius 2 is 1.87 bits per heavy atom. The highest BCUT2D eigenvalue weighted by molar-refractivity contribution is 7.16. The van der Waals surface area contributed by atoms with Gasteiger partial charge in [-0.05, 0) is 23.6 Å². The number of benzene rings is 1. The van der Waals surface area contributed by atoms with E-state index in [9.17, 15) is 9.59 Å². The number of thiazole rings is 1. The third kappa shape index (κ3) is 4.21. The van der Waals surface area contributed by atoms with Gasteiger partial charge in [-0.3, -0.25) is 14.9 Å². The number of rotatable bonds is 6. The number of anilines is 1. The summed E-state index contributed by atoms with van der Waals surface area (Å²) in [7, 11) is 4.55. The third-order valence-corrected chi connectivity index (χ3v) is 6.76. The summed E-state index contributed by atoms with van der Waals surface area (Å²) in [5.74, 6) is 0.989. The van der Waals surface area contributed by atoms with E-state index in [-0.39, 0.29) is 11.8 Å². The van der Waals surface area contributed by atoms with Crippen LogP contribution in [0, 0.1) is 0 Å². The maximum absolute atomic E-state index is 13.2. The summed E-state index contributed by atoms with van der Waals surface area (Å²) >= 11 is 2.78. The predicted molar refractivity (Wildman–Crippen MR) is 119 cm³/mol. The Balaban J connectivity index is 1.52. The Hall–Kier alpha value is -3.11. The van der Waals surface area contributed by atoms with Crippen molar-refractivity contribution in [3.63, 3.8) is 0 Å². The van der Waals surface area contributed by atoms with Crippen LogP contribution in [0.25, 0.3) is 0 Å². The van der Waals surface area contributed by atoms with Crippen LogP contribution >= 0.6 is 22.7 Å². The number of amides is 2. The molecule has 1 aliphatic heterocycles. The van der Waals surface area contributed by atoms with E-state index in [0.29, 0.717) is 52.3 Å². The number of carbonyl (C=O) groups is 2. The highest BCUT2D eigenvalue weighted by atomic mass is 32.1. The average Bonchev–Trinajstić information content (AvgIpc) is 3.46. The highest BCUT2D eigenvalue weighted by Crippen LogP contribution is 2.39. The lowest BCUT2D eigenvalue weighted by molar-refractivity contribution is 0.0735. The van der Waals surface area contributed by atoms with Crippen LogP contribution in [0.15, 0.2) is 29.6 Å². The number of ether oxygens (including phenoxy) is 3. The van der Waals surface area contributed by atoms with Gasteiger partial charge in [0.15, 0.2) is 16.6 Å². The molecule has 0 fully saturated rings. The second-order valence-electron chi connectivity index (χ2n) is 6.71. The molecular weight excluding hydrogens is 438 g/mol. The van der Waals surface area contributed by atoms with E-state index < -0.39 is 0 Å². The fourth-order valence-corrected chi connectivity index (χ4v) is 5.01. The van der Waals surface area contributed by atoms with Crippen molar-refractivity contribution in [1.29, 1.82) is 0 Å². The number of methoxy groups -OCH3 is 3. The molecule has 0 atom stereocenters. The van der Waals surface area contributed by atoms with E-state index >= 15 is 0 Å². The average molecular weight is 460 g/mol. The molecule has 0 aliphatic carbocycles. The second-order valence-corrected chi connectivity index (χ2v) is 8.74. The molecule has 10 heteroatoms. The van der Waals surface area contributed by atoms with Crippen molar-refractivity contribution in [3.05, 3.63) is 50.7 Å². The van der Waals surface area contributed by atoms with Crippen molar-refractivity contribution >= 4 is 39.6 Å². The number of hydrogen-bond acceptors (Lipinski definition) is 8. The van der Waals surface area contributed by atoms with E-state index in [0.717, 1.165) is 10.6 Å². The molecule has 8 nitrogen and oxygen atoms in total. The summed E-state index contributed by atoms with van der Waals surface area (Å²) in [5, 5.41) is 5.25. The van der Waals surface area contributed by atoms with Gasteiger partial charge in [-0.1, -0.05) is 17.4 Å². The van der Waals surface area contributed by atoms with Crippen molar-refractivity contribution in [1.82, 2.24) is 9.88 Å². The zero-order valence-corrected chi connectivity index (χ0v) is 18.9. The lowest BCUT2D eigenvalue weighted by Crippen LogP contribution is -2.35. The molecular formula is C21H21N3O5S2. The van der Waals surface area contributed by atoms with Crippen molar-refractivity contribution in [2.45, 2.75) is 13.0 Å². The van der Waals surface area contributed by atoms with Gasteiger partial charge in [-0.2, -0.15) is 0 Å². The Kier molecular flexibility index (Phi) is 6.10. The molecule has 4 rings (SSSR count). The number of hydrogen-bond donors (Lipinski definition) is 1. The van der Waals surface area contributed by atoms with Gasteiger partial charge in [-0.25, -0.2) is 4.98 Å².